The molecule has 0 amide bonds. The molecule has 0 bridgehead atoms. The molecular weight excluding hydrogens is 314 g/mol. The first kappa shape index (κ1) is 14.1. The minimum absolute atomic E-state index is 0.0770. The van der Waals surface area contributed by atoms with Crippen LogP contribution in [0.1, 0.15) is 6.42 Å². The van der Waals surface area contributed by atoms with E-state index < -0.39 is 0 Å². The molecule has 1 aliphatic rings. The summed E-state index contributed by atoms with van der Waals surface area (Å²) < 4.78 is 1.79. The summed E-state index contributed by atoms with van der Waals surface area (Å²) in [5, 5.41) is 1.11. The van der Waals surface area contributed by atoms with Gasteiger partial charge in [0, 0.05) is 36.8 Å². The molecule has 5 rings (SSSR count). The van der Waals surface area contributed by atoms with Gasteiger partial charge in [-0.2, -0.15) is 0 Å². The van der Waals surface area contributed by atoms with Gasteiger partial charge < -0.3 is 14.9 Å². The fraction of sp³-hybridized carbons (Fsp3) is 0.158. The Hall–Kier alpha value is -3.28. The summed E-state index contributed by atoms with van der Waals surface area (Å²) in [6.45, 7) is 1.57. The van der Waals surface area contributed by atoms with Gasteiger partial charge in [0.2, 0.25) is 0 Å². The first-order chi connectivity index (χ1) is 12.3. The van der Waals surface area contributed by atoms with Crippen LogP contribution in [0.4, 0.5) is 5.82 Å². The fourth-order valence-electron chi connectivity index (χ4n) is 3.51. The van der Waals surface area contributed by atoms with E-state index in [1.54, 1.807) is 4.57 Å². The van der Waals surface area contributed by atoms with E-state index in [1.165, 1.54) is 0 Å². The van der Waals surface area contributed by atoms with Crippen molar-refractivity contribution in [3.05, 3.63) is 65.2 Å². The number of para-hydroxylation sites is 2. The lowest BCUT2D eigenvalue weighted by atomic mass is 10.2. The number of fused-ring (bicyclic) bond motifs is 2. The fourth-order valence-corrected chi connectivity index (χ4v) is 3.51. The van der Waals surface area contributed by atoms with E-state index in [0.29, 0.717) is 0 Å². The van der Waals surface area contributed by atoms with E-state index in [9.17, 15) is 4.79 Å². The van der Waals surface area contributed by atoms with E-state index in [1.807, 2.05) is 42.6 Å². The Morgan fingerprint density at radius 1 is 1.08 bits per heavy atom. The molecule has 0 radical (unpaired) electrons. The van der Waals surface area contributed by atoms with Gasteiger partial charge in [-0.05, 0) is 36.4 Å². The van der Waals surface area contributed by atoms with Gasteiger partial charge in [-0.25, -0.2) is 9.78 Å². The molecule has 6 nitrogen and oxygen atoms in total. The van der Waals surface area contributed by atoms with Crippen molar-refractivity contribution in [3.8, 4) is 0 Å². The van der Waals surface area contributed by atoms with Gasteiger partial charge in [-0.3, -0.25) is 4.57 Å². The monoisotopic (exact) mass is 331 g/mol. The minimum Gasteiger partial charge on any atom is -0.352 e. The highest BCUT2D eigenvalue weighted by Crippen LogP contribution is 2.24. The number of imidazole rings is 1. The number of aromatic nitrogens is 4. The molecule has 2 N–H and O–H groups in total. The Bertz CT molecular complexity index is 1160. The van der Waals surface area contributed by atoms with Crippen molar-refractivity contribution in [2.75, 3.05) is 18.0 Å². The van der Waals surface area contributed by atoms with Gasteiger partial charge in [0.25, 0.3) is 0 Å². The number of anilines is 1. The van der Waals surface area contributed by atoms with Crippen LogP contribution in [-0.2, 0) is 0 Å². The Morgan fingerprint density at radius 2 is 2.00 bits per heavy atom. The number of hydrogen-bond donors (Lipinski definition) is 2. The second kappa shape index (κ2) is 5.37. The van der Waals surface area contributed by atoms with Crippen LogP contribution in [0.15, 0.2) is 59.5 Å². The number of benzene rings is 1. The number of nitrogens with zero attached hydrogens (tertiary/aromatic N) is 3. The van der Waals surface area contributed by atoms with Crippen LogP contribution in [0.5, 0.6) is 0 Å². The van der Waals surface area contributed by atoms with Crippen LogP contribution < -0.4 is 10.6 Å². The number of hydrogen-bond acceptors (Lipinski definition) is 3. The smallest absolute Gasteiger partial charge is 0.330 e. The molecule has 1 aliphatic heterocycles. The lowest BCUT2D eigenvalue weighted by Crippen LogP contribution is -2.31. The standard InChI is InChI=1S/C19H17N5O/c25-19-21-15-3-1-2-4-16(15)24(19)14-8-11-23(12-9-14)17-6-5-13-7-10-20-18(13)22-17/h1-8,10H,9,11-12H2,(H,20,22)(H,21,25). The van der Waals surface area contributed by atoms with Crippen LogP contribution in [0, 0.1) is 0 Å². The molecule has 0 saturated carbocycles. The molecule has 25 heavy (non-hydrogen) atoms. The third-order valence-electron chi connectivity index (χ3n) is 4.78. The minimum atomic E-state index is -0.0770. The molecule has 124 valence electrons. The summed E-state index contributed by atoms with van der Waals surface area (Å²) in [6, 6.07) is 13.9. The largest absolute Gasteiger partial charge is 0.352 e. The van der Waals surface area contributed by atoms with Crippen molar-refractivity contribution >= 4 is 33.6 Å². The lowest BCUT2D eigenvalue weighted by Gasteiger charge is -2.27. The second-order valence-corrected chi connectivity index (χ2v) is 6.26. The summed E-state index contributed by atoms with van der Waals surface area (Å²) >= 11 is 0. The van der Waals surface area contributed by atoms with Crippen molar-refractivity contribution in [2.24, 2.45) is 0 Å². The average Bonchev–Trinajstić information content (AvgIpc) is 3.24. The van der Waals surface area contributed by atoms with Crippen LogP contribution in [0.25, 0.3) is 27.8 Å². The highest BCUT2D eigenvalue weighted by atomic mass is 16.1. The van der Waals surface area contributed by atoms with Gasteiger partial charge in [0.05, 0.1) is 11.0 Å². The quantitative estimate of drug-likeness (QED) is 0.593. The third kappa shape index (κ3) is 2.26. The zero-order valence-corrected chi connectivity index (χ0v) is 13.6. The van der Waals surface area contributed by atoms with Gasteiger partial charge in [0.1, 0.15) is 11.5 Å². The Kier molecular flexibility index (Phi) is 3.03. The maximum Gasteiger partial charge on any atom is 0.330 e. The van der Waals surface area contributed by atoms with Crippen LogP contribution in [0.2, 0.25) is 0 Å². The number of H-pyrrole nitrogens is 2. The molecule has 0 saturated heterocycles. The van der Waals surface area contributed by atoms with Crippen LogP contribution in [0.3, 0.4) is 0 Å². The van der Waals surface area contributed by atoms with E-state index >= 15 is 0 Å². The highest BCUT2D eigenvalue weighted by molar-refractivity contribution is 5.80. The normalized spacial score (nSPS) is 15.0. The van der Waals surface area contributed by atoms with Gasteiger partial charge >= 0.3 is 5.69 Å². The highest BCUT2D eigenvalue weighted by Gasteiger charge is 2.17. The topological polar surface area (TPSA) is 69.7 Å². The van der Waals surface area contributed by atoms with E-state index in [0.717, 1.165) is 53.1 Å². The predicted molar refractivity (Wildman–Crippen MR) is 99.8 cm³/mol. The lowest BCUT2D eigenvalue weighted by molar-refractivity contribution is 0.786. The molecule has 4 heterocycles. The van der Waals surface area contributed by atoms with Crippen molar-refractivity contribution in [3.63, 3.8) is 0 Å². The zero-order valence-electron chi connectivity index (χ0n) is 13.6. The van der Waals surface area contributed by atoms with Crippen molar-refractivity contribution in [2.45, 2.75) is 6.42 Å². The molecule has 0 fully saturated rings. The van der Waals surface area contributed by atoms with E-state index in [4.69, 9.17) is 0 Å². The summed E-state index contributed by atoms with van der Waals surface area (Å²) in [5.41, 5.74) is 3.67. The molecule has 6 heteroatoms. The van der Waals surface area contributed by atoms with Crippen LogP contribution >= 0.6 is 0 Å². The molecule has 0 aliphatic carbocycles. The molecule has 0 atom stereocenters. The maximum absolute atomic E-state index is 12.3. The first-order valence-electron chi connectivity index (χ1n) is 8.38. The summed E-state index contributed by atoms with van der Waals surface area (Å²) in [4.78, 5) is 25.3. The Labute approximate surface area is 143 Å². The molecule has 4 aromatic rings. The molecular formula is C19H17N5O. The number of nitrogens with one attached hydrogen (secondary N) is 2. The van der Waals surface area contributed by atoms with Crippen molar-refractivity contribution in [1.82, 2.24) is 19.5 Å². The number of pyridine rings is 1. The average molecular weight is 331 g/mol. The Balaban J connectivity index is 1.48. The molecule has 1 aromatic carbocycles. The number of aromatic amines is 2. The van der Waals surface area contributed by atoms with Crippen molar-refractivity contribution < 1.29 is 0 Å². The van der Waals surface area contributed by atoms with E-state index in [-0.39, 0.29) is 5.69 Å². The van der Waals surface area contributed by atoms with Gasteiger partial charge in [-0.1, -0.05) is 12.1 Å². The van der Waals surface area contributed by atoms with Crippen molar-refractivity contribution in [1.29, 1.82) is 0 Å². The second-order valence-electron chi connectivity index (χ2n) is 6.26. The maximum atomic E-state index is 12.3. The summed E-state index contributed by atoms with van der Waals surface area (Å²) in [7, 11) is 0. The van der Waals surface area contributed by atoms with Gasteiger partial charge in [0.15, 0.2) is 0 Å². The molecule has 3 aromatic heterocycles. The number of rotatable bonds is 2. The predicted octanol–water partition coefficient (Wildman–Crippen LogP) is 2.96. The van der Waals surface area contributed by atoms with E-state index in [2.05, 4.69) is 32.0 Å². The summed E-state index contributed by atoms with van der Waals surface area (Å²) in [5.74, 6) is 0.955. The SMILES string of the molecule is O=c1[nH]c2ccccc2n1C1=CCN(c2ccc3cc[nH]c3n2)CC1. The molecule has 0 unspecified atom stereocenters. The third-order valence-corrected chi connectivity index (χ3v) is 4.78. The summed E-state index contributed by atoms with van der Waals surface area (Å²) in [6.07, 6.45) is 4.82. The molecule has 0 spiro atoms. The van der Waals surface area contributed by atoms with Crippen LogP contribution in [-0.4, -0.2) is 32.6 Å². The first-order valence-corrected chi connectivity index (χ1v) is 8.38. The van der Waals surface area contributed by atoms with Gasteiger partial charge in [-0.15, -0.1) is 0 Å². The zero-order chi connectivity index (χ0) is 16.8. The Morgan fingerprint density at radius 3 is 2.88 bits per heavy atom.